The van der Waals surface area contributed by atoms with Gasteiger partial charge in [0.15, 0.2) is 0 Å². The van der Waals surface area contributed by atoms with Crippen molar-refractivity contribution in [1.82, 2.24) is 9.55 Å². The van der Waals surface area contributed by atoms with E-state index < -0.39 is 11.2 Å². The van der Waals surface area contributed by atoms with Gasteiger partial charge in [-0.15, -0.1) is 0 Å². The minimum Gasteiger partial charge on any atom is -0.293 e. The van der Waals surface area contributed by atoms with Crippen LogP contribution in [0, 0.1) is 6.92 Å². The molecule has 0 aliphatic rings. The van der Waals surface area contributed by atoms with Crippen molar-refractivity contribution in [3.63, 3.8) is 0 Å². The van der Waals surface area contributed by atoms with Crippen molar-refractivity contribution < 1.29 is 4.79 Å². The van der Waals surface area contributed by atoms with E-state index in [0.717, 1.165) is 10.0 Å². The van der Waals surface area contributed by atoms with Crippen molar-refractivity contribution in [2.75, 3.05) is 0 Å². The number of H-pyrrole nitrogens is 1. The summed E-state index contributed by atoms with van der Waals surface area (Å²) in [5, 5.41) is 0. The minimum absolute atomic E-state index is 0.140. The molecule has 116 valence electrons. The maximum absolute atomic E-state index is 12.9. The van der Waals surface area contributed by atoms with Gasteiger partial charge in [0.2, 0.25) is 5.78 Å². The third-order valence-electron chi connectivity index (χ3n) is 3.46. The van der Waals surface area contributed by atoms with Crippen LogP contribution in [0.4, 0.5) is 0 Å². The molecule has 1 N–H and O–H groups in total. The molecule has 5 nitrogen and oxygen atoms in total. The molecule has 0 radical (unpaired) electrons. The van der Waals surface area contributed by atoms with Crippen molar-refractivity contribution in [3.05, 3.63) is 65.9 Å². The molecule has 0 aliphatic heterocycles. The van der Waals surface area contributed by atoms with Gasteiger partial charge in [-0.1, -0.05) is 29.8 Å². The molecule has 0 bridgehead atoms. The molecule has 0 aliphatic carbocycles. The van der Waals surface area contributed by atoms with Crippen LogP contribution >= 0.6 is 15.9 Å². The number of aromatic nitrogens is 2. The summed E-state index contributed by atoms with van der Waals surface area (Å²) in [6.07, 6.45) is 0. The summed E-state index contributed by atoms with van der Waals surface area (Å²) < 4.78 is 1.98. The fraction of sp³-hybridized carbons (Fsp3) is 0.312. The molecule has 6 heteroatoms. The van der Waals surface area contributed by atoms with Crippen LogP contribution in [0.25, 0.3) is 0 Å². The third kappa shape index (κ3) is 2.97. The van der Waals surface area contributed by atoms with Gasteiger partial charge in [0.05, 0.1) is 0 Å². The molecule has 0 fully saturated rings. The highest BCUT2D eigenvalue weighted by Crippen LogP contribution is 2.21. The Balaban J connectivity index is 2.78. The second-order valence-electron chi connectivity index (χ2n) is 5.58. The molecule has 0 saturated heterocycles. The Kier molecular flexibility index (Phi) is 4.51. The molecule has 2 rings (SSSR count). The fourth-order valence-corrected chi connectivity index (χ4v) is 3.06. The predicted molar refractivity (Wildman–Crippen MR) is 88.7 cm³/mol. The monoisotopic (exact) mass is 364 g/mol. The lowest BCUT2D eigenvalue weighted by molar-refractivity contribution is 0.102. The molecule has 0 saturated carbocycles. The van der Waals surface area contributed by atoms with E-state index in [1.54, 1.807) is 12.1 Å². The standard InChI is InChI=1S/C16H17BrN2O3/c1-8(2)12-13(19(4)16(22)18-15(12)21)14(20)10-5-9(3)6-11(17)7-10/h5-8H,1-4H3,(H,18,21,22). The summed E-state index contributed by atoms with van der Waals surface area (Å²) in [5.41, 5.74) is 0.719. The molecule has 1 aromatic heterocycles. The smallest absolute Gasteiger partial charge is 0.293 e. The van der Waals surface area contributed by atoms with Crippen molar-refractivity contribution in [2.45, 2.75) is 26.7 Å². The lowest BCUT2D eigenvalue weighted by atomic mass is 9.96. The van der Waals surface area contributed by atoms with Crippen LogP contribution < -0.4 is 11.2 Å². The number of rotatable bonds is 3. The molecule has 0 amide bonds. The van der Waals surface area contributed by atoms with E-state index in [9.17, 15) is 14.4 Å². The van der Waals surface area contributed by atoms with Crippen LogP contribution in [-0.2, 0) is 7.05 Å². The number of hydrogen-bond donors (Lipinski definition) is 1. The lowest BCUT2D eigenvalue weighted by Gasteiger charge is -2.14. The number of ketones is 1. The largest absolute Gasteiger partial charge is 0.328 e. The zero-order chi connectivity index (χ0) is 16.6. The van der Waals surface area contributed by atoms with E-state index in [0.29, 0.717) is 11.1 Å². The van der Waals surface area contributed by atoms with Crippen LogP contribution in [0.15, 0.2) is 32.3 Å². The maximum atomic E-state index is 12.9. The Morgan fingerprint density at radius 1 is 1.23 bits per heavy atom. The highest BCUT2D eigenvalue weighted by Gasteiger charge is 2.23. The SMILES string of the molecule is Cc1cc(Br)cc(C(=O)c2c(C(C)C)c(=O)[nH]c(=O)n2C)c1. The molecule has 0 unspecified atom stereocenters. The number of nitrogens with zero attached hydrogens (tertiary/aromatic N) is 1. The highest BCUT2D eigenvalue weighted by molar-refractivity contribution is 9.10. The summed E-state index contributed by atoms with van der Waals surface area (Å²) >= 11 is 3.36. The second-order valence-corrected chi connectivity index (χ2v) is 6.50. The zero-order valence-electron chi connectivity index (χ0n) is 12.9. The Hall–Kier alpha value is -1.95. The minimum atomic E-state index is -0.593. The Morgan fingerprint density at radius 2 is 1.86 bits per heavy atom. The molecule has 22 heavy (non-hydrogen) atoms. The summed E-state index contributed by atoms with van der Waals surface area (Å²) in [7, 11) is 1.49. The van der Waals surface area contributed by atoms with Crippen LogP contribution in [0.5, 0.6) is 0 Å². The maximum Gasteiger partial charge on any atom is 0.328 e. The topological polar surface area (TPSA) is 71.9 Å². The van der Waals surface area contributed by atoms with Gasteiger partial charge < -0.3 is 0 Å². The number of carbonyl (C=O) groups is 1. The highest BCUT2D eigenvalue weighted by atomic mass is 79.9. The first-order valence-electron chi connectivity index (χ1n) is 6.87. The van der Waals surface area contributed by atoms with Crippen molar-refractivity contribution in [2.24, 2.45) is 7.05 Å². The van der Waals surface area contributed by atoms with Crippen molar-refractivity contribution >= 4 is 21.7 Å². The van der Waals surface area contributed by atoms with E-state index >= 15 is 0 Å². The molecular formula is C16H17BrN2O3. The van der Waals surface area contributed by atoms with Gasteiger partial charge >= 0.3 is 5.69 Å². The van der Waals surface area contributed by atoms with Crippen molar-refractivity contribution in [1.29, 1.82) is 0 Å². The molecule has 1 aromatic carbocycles. The number of nitrogens with one attached hydrogen (secondary N) is 1. The molecular weight excluding hydrogens is 348 g/mol. The van der Waals surface area contributed by atoms with E-state index in [2.05, 4.69) is 20.9 Å². The quantitative estimate of drug-likeness (QED) is 0.850. The van der Waals surface area contributed by atoms with Gasteiger partial charge in [-0.25, -0.2) is 4.79 Å². The fourth-order valence-electron chi connectivity index (χ4n) is 2.45. The summed E-state index contributed by atoms with van der Waals surface area (Å²) in [6.45, 7) is 5.51. The average Bonchev–Trinajstić information content (AvgIpc) is 2.40. The second kappa shape index (κ2) is 6.04. The number of halogens is 1. The normalized spacial score (nSPS) is 11.0. The molecule has 1 heterocycles. The van der Waals surface area contributed by atoms with Crippen molar-refractivity contribution in [3.8, 4) is 0 Å². The molecule has 0 atom stereocenters. The van der Waals surface area contributed by atoms with Gasteiger partial charge in [0.1, 0.15) is 5.69 Å². The molecule has 0 spiro atoms. The van der Waals surface area contributed by atoms with Gasteiger partial charge in [-0.05, 0) is 36.6 Å². The number of benzene rings is 1. The summed E-state index contributed by atoms with van der Waals surface area (Å²) in [4.78, 5) is 39.1. The first-order chi connectivity index (χ1) is 10.2. The molecule has 2 aromatic rings. The Morgan fingerprint density at radius 3 is 2.41 bits per heavy atom. The number of hydrogen-bond acceptors (Lipinski definition) is 3. The number of aryl methyl sites for hydroxylation is 1. The van der Waals surface area contributed by atoms with Crippen LogP contribution in [0.3, 0.4) is 0 Å². The zero-order valence-corrected chi connectivity index (χ0v) is 14.4. The van der Waals surface area contributed by atoms with Crippen LogP contribution in [0.1, 0.15) is 46.9 Å². The predicted octanol–water partition coefficient (Wildman–Crippen LogP) is 2.50. The van der Waals surface area contributed by atoms with E-state index in [4.69, 9.17) is 0 Å². The van der Waals surface area contributed by atoms with Gasteiger partial charge in [-0.3, -0.25) is 19.1 Å². The summed E-state index contributed by atoms with van der Waals surface area (Å²) in [6, 6.07) is 5.31. The number of carbonyl (C=O) groups excluding carboxylic acids is 1. The van der Waals surface area contributed by atoms with E-state index in [1.807, 2.05) is 26.8 Å². The Labute approximate surface area is 136 Å². The summed E-state index contributed by atoms with van der Waals surface area (Å²) in [5.74, 6) is -0.512. The van der Waals surface area contributed by atoms with Gasteiger partial charge in [0.25, 0.3) is 5.56 Å². The third-order valence-corrected chi connectivity index (χ3v) is 3.91. The first-order valence-corrected chi connectivity index (χ1v) is 7.66. The van der Waals surface area contributed by atoms with E-state index in [-0.39, 0.29) is 17.4 Å². The van der Waals surface area contributed by atoms with Crippen LogP contribution in [0.2, 0.25) is 0 Å². The van der Waals surface area contributed by atoms with E-state index in [1.165, 1.54) is 11.6 Å². The lowest BCUT2D eigenvalue weighted by Crippen LogP contribution is -2.36. The Bertz CT molecular complexity index is 842. The van der Waals surface area contributed by atoms with Gasteiger partial charge in [-0.2, -0.15) is 0 Å². The van der Waals surface area contributed by atoms with Crippen LogP contribution in [-0.4, -0.2) is 15.3 Å². The first kappa shape index (κ1) is 16.4. The van der Waals surface area contributed by atoms with Gasteiger partial charge in [0, 0.05) is 22.6 Å². The average molecular weight is 365 g/mol. The number of aromatic amines is 1.